The number of hydrogen-bond donors (Lipinski definition) is 2. The predicted octanol–water partition coefficient (Wildman–Crippen LogP) is 2.62. The van der Waals surface area contributed by atoms with E-state index in [4.69, 9.17) is 5.11 Å². The highest BCUT2D eigenvalue weighted by Gasteiger charge is 2.41. The Morgan fingerprint density at radius 3 is 2.77 bits per heavy atom. The van der Waals surface area contributed by atoms with Gasteiger partial charge < -0.3 is 15.3 Å². The van der Waals surface area contributed by atoms with Crippen molar-refractivity contribution in [2.75, 3.05) is 25.5 Å². The van der Waals surface area contributed by atoms with Gasteiger partial charge in [0.2, 0.25) is 5.91 Å². The first-order chi connectivity index (χ1) is 15.0. The molecule has 8 nitrogen and oxygen atoms in total. The van der Waals surface area contributed by atoms with Crippen LogP contribution in [0.25, 0.3) is 10.7 Å². The van der Waals surface area contributed by atoms with Crippen molar-refractivity contribution in [1.82, 2.24) is 25.1 Å². The van der Waals surface area contributed by atoms with Gasteiger partial charge in [0.15, 0.2) is 0 Å². The lowest BCUT2D eigenvalue weighted by Crippen LogP contribution is -2.42. The highest BCUT2D eigenvalue weighted by Crippen LogP contribution is 2.43. The van der Waals surface area contributed by atoms with Gasteiger partial charge in [0.25, 0.3) is 0 Å². The summed E-state index contributed by atoms with van der Waals surface area (Å²) in [5.41, 5.74) is 0.832. The summed E-state index contributed by atoms with van der Waals surface area (Å²) < 4.78 is 14.3. The van der Waals surface area contributed by atoms with E-state index in [0.29, 0.717) is 35.3 Å². The van der Waals surface area contributed by atoms with Crippen LogP contribution in [0.3, 0.4) is 0 Å². The number of aliphatic hydroxyl groups excluding tert-OH is 1. The molecule has 0 spiro atoms. The summed E-state index contributed by atoms with van der Waals surface area (Å²) in [6.45, 7) is 0.397. The Balaban J connectivity index is 1.40. The number of rotatable bonds is 8. The summed E-state index contributed by atoms with van der Waals surface area (Å²) in [6, 6.07) is 6.72. The van der Waals surface area contributed by atoms with Crippen molar-refractivity contribution >= 4 is 23.1 Å². The standard InChI is InChI=1S/C21H23FN6O2S/c1-28(18(30)12-29)11-14-10-24-20(31-14)16-5-6-17(27-26-16)25-13-21(7-3-8-21)19-15(22)4-2-9-23-19/h2,4-6,9-10,29H,3,7-8,11-13H2,1H3,(H,25,27). The fourth-order valence-electron chi connectivity index (χ4n) is 3.62. The van der Waals surface area contributed by atoms with Crippen molar-refractivity contribution < 1.29 is 14.3 Å². The smallest absolute Gasteiger partial charge is 0.248 e. The third-order valence-electron chi connectivity index (χ3n) is 5.57. The van der Waals surface area contributed by atoms with Gasteiger partial charge in [-0.15, -0.1) is 21.5 Å². The van der Waals surface area contributed by atoms with Gasteiger partial charge in [-0.05, 0) is 37.1 Å². The number of carbonyl (C=O) groups excluding carboxylic acids is 1. The molecule has 0 radical (unpaired) electrons. The lowest BCUT2D eigenvalue weighted by molar-refractivity contribution is -0.133. The van der Waals surface area contributed by atoms with Crippen LogP contribution >= 0.6 is 11.3 Å². The van der Waals surface area contributed by atoms with E-state index in [1.807, 2.05) is 12.1 Å². The lowest BCUT2D eigenvalue weighted by atomic mass is 9.66. The number of hydrogen-bond acceptors (Lipinski definition) is 8. The quantitative estimate of drug-likeness (QED) is 0.553. The van der Waals surface area contributed by atoms with Crippen LogP contribution in [0.4, 0.5) is 10.2 Å². The van der Waals surface area contributed by atoms with Crippen LogP contribution in [0, 0.1) is 5.82 Å². The van der Waals surface area contributed by atoms with Crippen molar-refractivity contribution in [3.63, 3.8) is 0 Å². The SMILES string of the molecule is CN(Cc1cnc(-c2ccc(NCC3(c4ncccc4F)CCC3)nn2)s1)C(=O)CO. The molecule has 3 aromatic rings. The lowest BCUT2D eigenvalue weighted by Gasteiger charge is -2.41. The largest absolute Gasteiger partial charge is 0.387 e. The Morgan fingerprint density at radius 1 is 1.29 bits per heavy atom. The molecule has 0 aliphatic heterocycles. The average molecular weight is 443 g/mol. The number of aliphatic hydroxyl groups is 1. The highest BCUT2D eigenvalue weighted by molar-refractivity contribution is 7.15. The molecule has 0 aromatic carbocycles. The van der Waals surface area contributed by atoms with Crippen LogP contribution in [-0.2, 0) is 16.8 Å². The summed E-state index contributed by atoms with van der Waals surface area (Å²) in [6.07, 6.45) is 6.14. The molecule has 1 aliphatic rings. The summed E-state index contributed by atoms with van der Waals surface area (Å²) in [7, 11) is 1.63. The van der Waals surface area contributed by atoms with E-state index in [9.17, 15) is 9.18 Å². The summed E-state index contributed by atoms with van der Waals surface area (Å²) in [5, 5.41) is 21.4. The maximum atomic E-state index is 14.3. The van der Waals surface area contributed by atoms with Crippen LogP contribution in [-0.4, -0.2) is 56.3 Å². The fraction of sp³-hybridized carbons (Fsp3) is 0.381. The number of carbonyl (C=O) groups is 1. The molecule has 1 saturated carbocycles. The first kappa shape index (κ1) is 21.3. The second-order valence-corrected chi connectivity index (χ2v) is 8.78. The molecule has 0 atom stereocenters. The Labute approximate surface area is 183 Å². The van der Waals surface area contributed by atoms with Gasteiger partial charge >= 0.3 is 0 Å². The minimum Gasteiger partial charge on any atom is -0.387 e. The minimum atomic E-state index is -0.517. The van der Waals surface area contributed by atoms with Crippen LogP contribution in [0.15, 0.2) is 36.7 Å². The van der Waals surface area contributed by atoms with Gasteiger partial charge in [0, 0.05) is 36.3 Å². The molecule has 31 heavy (non-hydrogen) atoms. The number of nitrogens with zero attached hydrogens (tertiary/aromatic N) is 5. The minimum absolute atomic E-state index is 0.267. The molecule has 1 fully saturated rings. The van der Waals surface area contributed by atoms with Crippen molar-refractivity contribution in [2.24, 2.45) is 0 Å². The number of amides is 1. The molecule has 3 aromatic heterocycles. The molecule has 1 aliphatic carbocycles. The van der Waals surface area contributed by atoms with Gasteiger partial charge in [-0.1, -0.05) is 6.42 Å². The monoisotopic (exact) mass is 442 g/mol. The number of pyridine rings is 1. The topological polar surface area (TPSA) is 104 Å². The van der Waals surface area contributed by atoms with Gasteiger partial charge in [-0.2, -0.15) is 0 Å². The molecular weight excluding hydrogens is 419 g/mol. The molecule has 2 N–H and O–H groups in total. The van der Waals surface area contributed by atoms with E-state index in [1.54, 1.807) is 25.5 Å². The zero-order valence-electron chi connectivity index (χ0n) is 17.1. The van der Waals surface area contributed by atoms with E-state index in [0.717, 1.165) is 24.1 Å². The Bertz CT molecular complexity index is 1050. The average Bonchev–Trinajstić information content (AvgIpc) is 3.22. The Morgan fingerprint density at radius 2 is 2.13 bits per heavy atom. The molecule has 0 unspecified atom stereocenters. The van der Waals surface area contributed by atoms with E-state index < -0.39 is 6.61 Å². The number of likely N-dealkylation sites (N-methyl/N-ethyl adjacent to an activating group) is 1. The molecule has 3 heterocycles. The summed E-state index contributed by atoms with van der Waals surface area (Å²) in [5.74, 6) is -0.00672. The fourth-order valence-corrected chi connectivity index (χ4v) is 4.55. The number of anilines is 1. The first-order valence-corrected chi connectivity index (χ1v) is 10.8. The molecule has 0 saturated heterocycles. The number of halogens is 1. The Hall–Kier alpha value is -2.98. The zero-order valence-corrected chi connectivity index (χ0v) is 17.9. The summed E-state index contributed by atoms with van der Waals surface area (Å²) in [4.78, 5) is 22.5. The van der Waals surface area contributed by atoms with Gasteiger partial charge in [0.05, 0.1) is 12.2 Å². The van der Waals surface area contributed by atoms with Crippen molar-refractivity contribution in [3.8, 4) is 10.7 Å². The van der Waals surface area contributed by atoms with E-state index >= 15 is 0 Å². The van der Waals surface area contributed by atoms with E-state index in [-0.39, 0.29) is 17.1 Å². The molecule has 10 heteroatoms. The third-order valence-corrected chi connectivity index (χ3v) is 6.58. The maximum Gasteiger partial charge on any atom is 0.248 e. The summed E-state index contributed by atoms with van der Waals surface area (Å²) >= 11 is 1.42. The number of thiazole rings is 1. The number of nitrogens with one attached hydrogen (secondary N) is 1. The normalized spacial score (nSPS) is 14.7. The van der Waals surface area contributed by atoms with Crippen LogP contribution in [0.2, 0.25) is 0 Å². The van der Waals surface area contributed by atoms with E-state index in [2.05, 4.69) is 25.5 Å². The van der Waals surface area contributed by atoms with Crippen LogP contribution in [0.1, 0.15) is 29.8 Å². The zero-order chi connectivity index (χ0) is 21.8. The molecule has 162 valence electrons. The van der Waals surface area contributed by atoms with E-state index in [1.165, 1.54) is 22.3 Å². The third kappa shape index (κ3) is 4.54. The first-order valence-electron chi connectivity index (χ1n) is 9.99. The van der Waals surface area contributed by atoms with Crippen LogP contribution < -0.4 is 5.32 Å². The highest BCUT2D eigenvalue weighted by atomic mass is 32.1. The number of aromatic nitrogens is 4. The molecular formula is C21H23FN6O2S. The van der Waals surface area contributed by atoms with Gasteiger partial charge in [-0.3, -0.25) is 9.78 Å². The van der Waals surface area contributed by atoms with Crippen molar-refractivity contribution in [3.05, 3.63) is 53.0 Å². The second kappa shape index (κ2) is 9.03. The van der Waals surface area contributed by atoms with Crippen molar-refractivity contribution in [1.29, 1.82) is 0 Å². The molecule has 4 rings (SSSR count). The van der Waals surface area contributed by atoms with Crippen LogP contribution in [0.5, 0.6) is 0 Å². The maximum absolute atomic E-state index is 14.3. The van der Waals surface area contributed by atoms with Gasteiger partial charge in [-0.25, -0.2) is 9.37 Å². The van der Waals surface area contributed by atoms with Gasteiger partial charge in [0.1, 0.15) is 28.9 Å². The second-order valence-electron chi connectivity index (χ2n) is 7.66. The predicted molar refractivity (Wildman–Crippen MR) is 115 cm³/mol. The Kier molecular flexibility index (Phi) is 6.19. The van der Waals surface area contributed by atoms with Crippen molar-refractivity contribution in [2.45, 2.75) is 31.2 Å². The molecule has 0 bridgehead atoms. The molecule has 1 amide bonds.